The first-order valence-electron chi connectivity index (χ1n) is 6.44. The summed E-state index contributed by atoms with van der Waals surface area (Å²) in [6, 6.07) is 7.66. The van der Waals surface area contributed by atoms with Gasteiger partial charge < -0.3 is 15.6 Å². The number of rotatable bonds is 5. The van der Waals surface area contributed by atoms with E-state index in [2.05, 4.69) is 0 Å². The number of hydrogen-bond acceptors (Lipinski definition) is 3. The van der Waals surface area contributed by atoms with Gasteiger partial charge in [0.25, 0.3) is 0 Å². The second-order valence-corrected chi connectivity index (χ2v) is 5.89. The number of carbonyl (C=O) groups excluding carboxylic acids is 1. The van der Waals surface area contributed by atoms with Crippen LogP contribution in [0.15, 0.2) is 24.3 Å². The van der Waals surface area contributed by atoms with Gasteiger partial charge in [-0.2, -0.15) is 0 Å². The Morgan fingerprint density at radius 1 is 1.32 bits per heavy atom. The molecule has 3 N–H and O–H groups in total. The number of primary amides is 1. The van der Waals surface area contributed by atoms with E-state index in [1.54, 1.807) is 6.92 Å². The zero-order valence-corrected chi connectivity index (χ0v) is 12.0. The van der Waals surface area contributed by atoms with Crippen LogP contribution in [0.1, 0.15) is 33.3 Å². The first-order valence-corrected chi connectivity index (χ1v) is 6.44. The molecule has 0 aliphatic heterocycles. The summed E-state index contributed by atoms with van der Waals surface area (Å²) >= 11 is 0. The van der Waals surface area contributed by atoms with Crippen LogP contribution in [-0.2, 0) is 11.2 Å². The highest BCUT2D eigenvalue weighted by Gasteiger charge is 2.20. The Kier molecular flexibility index (Phi) is 4.95. The third-order valence-electron chi connectivity index (χ3n) is 2.74. The van der Waals surface area contributed by atoms with Gasteiger partial charge in [-0.15, -0.1) is 0 Å². The molecule has 1 aromatic rings. The minimum absolute atomic E-state index is 0.202. The van der Waals surface area contributed by atoms with Crippen LogP contribution in [0.2, 0.25) is 0 Å². The van der Waals surface area contributed by atoms with E-state index in [4.69, 9.17) is 10.5 Å². The highest BCUT2D eigenvalue weighted by molar-refractivity contribution is 5.78. The van der Waals surface area contributed by atoms with Crippen molar-refractivity contribution in [3.63, 3.8) is 0 Å². The maximum atomic E-state index is 10.9. The van der Waals surface area contributed by atoms with Crippen LogP contribution >= 0.6 is 0 Å². The van der Waals surface area contributed by atoms with Gasteiger partial charge in [0, 0.05) is 0 Å². The third kappa shape index (κ3) is 5.30. The quantitative estimate of drug-likeness (QED) is 0.854. The van der Waals surface area contributed by atoms with Gasteiger partial charge in [0.05, 0.1) is 0 Å². The highest BCUT2D eigenvalue weighted by Crippen LogP contribution is 2.20. The number of benzene rings is 1. The van der Waals surface area contributed by atoms with Crippen molar-refractivity contribution in [1.82, 2.24) is 0 Å². The Morgan fingerprint density at radius 2 is 1.84 bits per heavy atom. The number of nitrogens with two attached hydrogens (primary N) is 1. The van der Waals surface area contributed by atoms with Crippen LogP contribution in [0, 0.1) is 5.92 Å². The second-order valence-electron chi connectivity index (χ2n) is 5.89. The standard InChI is InChI=1S/C15H23NO3/c1-10(13(17)14(16)18)9-11-5-7-12(8-6-11)19-15(2,3)4/h5-8,10,13,17H,9H2,1-4H3,(H2,16,18)/t10-,13?/m0/s1. The van der Waals surface area contributed by atoms with Crippen molar-refractivity contribution >= 4 is 5.91 Å². The van der Waals surface area contributed by atoms with Crippen molar-refractivity contribution in [2.24, 2.45) is 11.7 Å². The van der Waals surface area contributed by atoms with E-state index in [0.29, 0.717) is 6.42 Å². The van der Waals surface area contributed by atoms with Crippen LogP contribution in [0.5, 0.6) is 5.75 Å². The lowest BCUT2D eigenvalue weighted by molar-refractivity contribution is -0.128. The van der Waals surface area contributed by atoms with Crippen molar-refractivity contribution in [1.29, 1.82) is 0 Å². The van der Waals surface area contributed by atoms with Crippen molar-refractivity contribution in [2.45, 2.75) is 45.8 Å². The molecule has 4 heteroatoms. The van der Waals surface area contributed by atoms with Crippen LogP contribution < -0.4 is 10.5 Å². The van der Waals surface area contributed by atoms with Crippen molar-refractivity contribution in [2.75, 3.05) is 0 Å². The van der Waals surface area contributed by atoms with Gasteiger partial charge in [0.1, 0.15) is 17.5 Å². The van der Waals surface area contributed by atoms with E-state index in [1.165, 1.54) is 0 Å². The zero-order chi connectivity index (χ0) is 14.6. The molecule has 0 saturated heterocycles. The molecule has 0 spiro atoms. The maximum absolute atomic E-state index is 10.9. The van der Waals surface area contributed by atoms with Crippen LogP contribution in [0.3, 0.4) is 0 Å². The lowest BCUT2D eigenvalue weighted by atomic mass is 9.95. The van der Waals surface area contributed by atoms with Gasteiger partial charge in [-0.05, 0) is 50.8 Å². The van der Waals surface area contributed by atoms with Gasteiger partial charge >= 0.3 is 0 Å². The molecular weight excluding hydrogens is 242 g/mol. The Labute approximate surface area is 114 Å². The first kappa shape index (κ1) is 15.5. The summed E-state index contributed by atoms with van der Waals surface area (Å²) in [5.41, 5.74) is 5.89. The van der Waals surface area contributed by atoms with Gasteiger partial charge in [-0.25, -0.2) is 0 Å². The number of carbonyl (C=O) groups is 1. The summed E-state index contributed by atoms with van der Waals surface area (Å²) in [6.07, 6.45) is -0.509. The zero-order valence-electron chi connectivity index (χ0n) is 12.0. The maximum Gasteiger partial charge on any atom is 0.246 e. The summed E-state index contributed by atoms with van der Waals surface area (Å²) in [5, 5.41) is 9.56. The molecule has 0 aliphatic rings. The monoisotopic (exact) mass is 265 g/mol. The summed E-state index contributed by atoms with van der Waals surface area (Å²) in [4.78, 5) is 10.9. The van der Waals surface area contributed by atoms with Crippen LogP contribution in [0.4, 0.5) is 0 Å². The molecule has 1 rings (SSSR count). The average molecular weight is 265 g/mol. The van der Waals surface area contributed by atoms with E-state index in [0.717, 1.165) is 11.3 Å². The smallest absolute Gasteiger partial charge is 0.246 e. The van der Waals surface area contributed by atoms with Gasteiger partial charge in [0.15, 0.2) is 0 Å². The molecule has 0 saturated carbocycles. The van der Waals surface area contributed by atoms with Gasteiger partial charge in [-0.3, -0.25) is 4.79 Å². The number of hydrogen-bond donors (Lipinski definition) is 2. The minimum atomic E-state index is -1.11. The van der Waals surface area contributed by atoms with E-state index in [-0.39, 0.29) is 11.5 Å². The molecule has 0 aliphatic carbocycles. The fourth-order valence-electron chi connectivity index (χ4n) is 1.81. The summed E-state index contributed by atoms with van der Waals surface area (Å²) in [7, 11) is 0. The number of amides is 1. The Hall–Kier alpha value is -1.55. The minimum Gasteiger partial charge on any atom is -0.488 e. The lowest BCUT2D eigenvalue weighted by Gasteiger charge is -2.21. The molecule has 1 amide bonds. The van der Waals surface area contributed by atoms with Gasteiger partial charge in [0.2, 0.25) is 5.91 Å². The van der Waals surface area contributed by atoms with E-state index in [9.17, 15) is 9.90 Å². The topological polar surface area (TPSA) is 72.6 Å². The van der Waals surface area contributed by atoms with E-state index in [1.807, 2.05) is 45.0 Å². The SMILES string of the molecule is C[C@@H](Cc1ccc(OC(C)(C)C)cc1)C(O)C(N)=O. The predicted molar refractivity (Wildman–Crippen MR) is 74.9 cm³/mol. The van der Waals surface area contributed by atoms with E-state index >= 15 is 0 Å². The largest absolute Gasteiger partial charge is 0.488 e. The molecule has 1 aromatic carbocycles. The van der Waals surface area contributed by atoms with E-state index < -0.39 is 12.0 Å². The molecule has 106 valence electrons. The summed E-state index contributed by atoms with van der Waals surface area (Å²) in [5.74, 6) is -0.0774. The Bertz CT molecular complexity index is 420. The second kappa shape index (κ2) is 6.06. The fourth-order valence-corrected chi connectivity index (χ4v) is 1.81. The number of aliphatic hydroxyl groups is 1. The Balaban J connectivity index is 2.64. The van der Waals surface area contributed by atoms with Crippen molar-refractivity contribution in [3.8, 4) is 5.75 Å². The van der Waals surface area contributed by atoms with Crippen molar-refractivity contribution in [3.05, 3.63) is 29.8 Å². The predicted octanol–water partition coefficient (Wildman–Crippen LogP) is 1.89. The fraction of sp³-hybridized carbons (Fsp3) is 0.533. The van der Waals surface area contributed by atoms with Crippen LogP contribution in [-0.4, -0.2) is 22.7 Å². The average Bonchev–Trinajstić information content (AvgIpc) is 2.28. The molecule has 4 nitrogen and oxygen atoms in total. The van der Waals surface area contributed by atoms with Gasteiger partial charge in [-0.1, -0.05) is 19.1 Å². The highest BCUT2D eigenvalue weighted by atomic mass is 16.5. The third-order valence-corrected chi connectivity index (χ3v) is 2.74. The summed E-state index contributed by atoms with van der Waals surface area (Å²) in [6.45, 7) is 7.78. The Morgan fingerprint density at radius 3 is 2.26 bits per heavy atom. The lowest BCUT2D eigenvalue weighted by Crippen LogP contribution is -2.34. The van der Waals surface area contributed by atoms with Crippen LogP contribution in [0.25, 0.3) is 0 Å². The number of aliphatic hydroxyl groups excluding tert-OH is 1. The molecule has 1 unspecified atom stereocenters. The molecular formula is C15H23NO3. The molecule has 19 heavy (non-hydrogen) atoms. The molecule has 2 atom stereocenters. The molecule has 0 heterocycles. The molecule has 0 fully saturated rings. The molecule has 0 radical (unpaired) electrons. The molecule has 0 bridgehead atoms. The normalized spacial score (nSPS) is 14.8. The van der Waals surface area contributed by atoms with Crippen molar-refractivity contribution < 1.29 is 14.6 Å². The first-order chi connectivity index (χ1) is 8.69. The molecule has 0 aromatic heterocycles. The number of ether oxygens (including phenoxy) is 1. The summed E-state index contributed by atoms with van der Waals surface area (Å²) < 4.78 is 5.72.